The van der Waals surface area contributed by atoms with Crippen LogP contribution in [0.15, 0.2) is 70.9 Å². The van der Waals surface area contributed by atoms with Gasteiger partial charge in [0.1, 0.15) is 17.3 Å². The fourth-order valence-electron chi connectivity index (χ4n) is 3.14. The maximum atomic E-state index is 13.1. The first-order valence-electron chi connectivity index (χ1n) is 9.17. The van der Waals surface area contributed by atoms with E-state index < -0.39 is 0 Å². The van der Waals surface area contributed by atoms with Gasteiger partial charge in [0.25, 0.3) is 0 Å². The van der Waals surface area contributed by atoms with Crippen LogP contribution in [0.3, 0.4) is 0 Å². The van der Waals surface area contributed by atoms with Gasteiger partial charge in [-0.25, -0.2) is 4.39 Å². The van der Waals surface area contributed by atoms with E-state index in [0.29, 0.717) is 33.8 Å². The number of ketones is 2. The molecule has 0 spiro atoms. The Morgan fingerprint density at radius 1 is 1.10 bits per heavy atom. The summed E-state index contributed by atoms with van der Waals surface area (Å²) >= 11 is 3.34. The molecule has 3 aromatic rings. The second kappa shape index (κ2) is 8.24. The number of Topliss-reactive ketones (excluding diaryl/α,β-unsaturated/α-hetero) is 2. The van der Waals surface area contributed by atoms with Gasteiger partial charge in [0.2, 0.25) is 5.78 Å². The standard InChI is InChI=1S/C24H16BrFO4/c1-14-10-19(29-13-20(27)16-4-6-17(25)7-5-16)12-21-23(14)24(28)22(30-21)11-15-2-8-18(26)9-3-15/h2-12H,13H2,1H3/b22-11-. The van der Waals surface area contributed by atoms with Crippen molar-refractivity contribution in [2.45, 2.75) is 6.92 Å². The van der Waals surface area contributed by atoms with Crippen LogP contribution in [0.25, 0.3) is 6.08 Å². The van der Waals surface area contributed by atoms with Gasteiger partial charge in [-0.1, -0.05) is 40.2 Å². The molecule has 0 atom stereocenters. The number of halogens is 2. The van der Waals surface area contributed by atoms with Crippen molar-refractivity contribution in [2.75, 3.05) is 6.61 Å². The molecule has 0 bridgehead atoms. The van der Waals surface area contributed by atoms with Crippen molar-refractivity contribution >= 4 is 33.6 Å². The average Bonchev–Trinajstić information content (AvgIpc) is 3.04. The van der Waals surface area contributed by atoms with E-state index in [2.05, 4.69) is 15.9 Å². The van der Waals surface area contributed by atoms with Crippen molar-refractivity contribution in [3.8, 4) is 11.5 Å². The van der Waals surface area contributed by atoms with E-state index >= 15 is 0 Å². The molecule has 0 amide bonds. The Morgan fingerprint density at radius 2 is 1.80 bits per heavy atom. The lowest BCUT2D eigenvalue weighted by molar-refractivity contribution is 0.0920. The second-order valence-electron chi connectivity index (χ2n) is 6.82. The van der Waals surface area contributed by atoms with E-state index in [1.165, 1.54) is 12.1 Å². The topological polar surface area (TPSA) is 52.6 Å². The van der Waals surface area contributed by atoms with Crippen LogP contribution in [-0.2, 0) is 0 Å². The zero-order valence-electron chi connectivity index (χ0n) is 15.9. The molecule has 150 valence electrons. The Bertz CT molecular complexity index is 1170. The highest BCUT2D eigenvalue weighted by Crippen LogP contribution is 2.37. The van der Waals surface area contributed by atoms with Crippen molar-refractivity contribution < 1.29 is 23.5 Å². The SMILES string of the molecule is Cc1cc(OCC(=O)c2ccc(Br)cc2)cc2c1C(=O)/C(=C/c1ccc(F)cc1)O2. The molecule has 0 radical (unpaired) electrons. The molecule has 1 heterocycles. The quantitative estimate of drug-likeness (QED) is 0.353. The summed E-state index contributed by atoms with van der Waals surface area (Å²) in [6.45, 7) is 1.65. The smallest absolute Gasteiger partial charge is 0.232 e. The molecule has 0 unspecified atom stereocenters. The highest BCUT2D eigenvalue weighted by molar-refractivity contribution is 9.10. The summed E-state index contributed by atoms with van der Waals surface area (Å²) in [5.41, 5.74) is 2.34. The zero-order valence-corrected chi connectivity index (χ0v) is 17.5. The van der Waals surface area contributed by atoms with Gasteiger partial charge < -0.3 is 9.47 Å². The predicted octanol–water partition coefficient (Wildman–Crippen LogP) is 5.77. The Labute approximate surface area is 181 Å². The normalized spacial score (nSPS) is 13.8. The van der Waals surface area contributed by atoms with Crippen molar-refractivity contribution in [2.24, 2.45) is 0 Å². The predicted molar refractivity (Wildman–Crippen MR) is 114 cm³/mol. The number of carbonyl (C=O) groups is 2. The van der Waals surface area contributed by atoms with Crippen LogP contribution in [-0.4, -0.2) is 18.2 Å². The first-order chi connectivity index (χ1) is 14.4. The molecule has 3 aromatic carbocycles. The molecule has 0 saturated heterocycles. The van der Waals surface area contributed by atoms with Gasteiger partial charge in [-0.2, -0.15) is 0 Å². The van der Waals surface area contributed by atoms with Crippen LogP contribution in [0.5, 0.6) is 11.5 Å². The largest absolute Gasteiger partial charge is 0.485 e. The first kappa shape index (κ1) is 20.0. The molecule has 6 heteroatoms. The Balaban J connectivity index is 1.51. The number of allylic oxidation sites excluding steroid dienone is 1. The summed E-state index contributed by atoms with van der Waals surface area (Å²) in [6.07, 6.45) is 1.57. The van der Waals surface area contributed by atoms with Gasteiger partial charge in [-0.3, -0.25) is 9.59 Å². The summed E-state index contributed by atoms with van der Waals surface area (Å²) < 4.78 is 25.3. The minimum absolute atomic E-state index is 0.133. The number of hydrogen-bond donors (Lipinski definition) is 0. The number of rotatable bonds is 5. The van der Waals surface area contributed by atoms with Crippen LogP contribution in [0.2, 0.25) is 0 Å². The van der Waals surface area contributed by atoms with Crippen molar-refractivity contribution in [1.82, 2.24) is 0 Å². The third-order valence-corrected chi connectivity index (χ3v) is 5.18. The van der Waals surface area contributed by atoms with Crippen LogP contribution >= 0.6 is 15.9 Å². The summed E-state index contributed by atoms with van der Waals surface area (Å²) in [6, 6.07) is 16.1. The first-order valence-corrected chi connectivity index (χ1v) is 9.96. The van der Waals surface area contributed by atoms with E-state index in [4.69, 9.17) is 9.47 Å². The molecule has 0 fully saturated rings. The minimum Gasteiger partial charge on any atom is -0.485 e. The highest BCUT2D eigenvalue weighted by atomic mass is 79.9. The molecule has 0 N–H and O–H groups in total. The van der Waals surface area contributed by atoms with Crippen molar-refractivity contribution in [3.63, 3.8) is 0 Å². The van der Waals surface area contributed by atoms with Crippen molar-refractivity contribution in [1.29, 1.82) is 0 Å². The lowest BCUT2D eigenvalue weighted by Gasteiger charge is -2.09. The molecule has 30 heavy (non-hydrogen) atoms. The maximum Gasteiger partial charge on any atom is 0.232 e. The zero-order chi connectivity index (χ0) is 21.3. The van der Waals surface area contributed by atoms with E-state index in [9.17, 15) is 14.0 Å². The fraction of sp³-hybridized carbons (Fsp3) is 0.0833. The maximum absolute atomic E-state index is 13.1. The van der Waals surface area contributed by atoms with Crippen LogP contribution in [0.1, 0.15) is 31.8 Å². The molecule has 1 aliphatic heterocycles. The minimum atomic E-state index is -0.352. The van der Waals surface area contributed by atoms with Gasteiger partial charge in [-0.05, 0) is 54.5 Å². The third kappa shape index (κ3) is 4.19. The third-order valence-electron chi connectivity index (χ3n) is 4.65. The number of fused-ring (bicyclic) bond motifs is 1. The molecule has 4 nitrogen and oxygen atoms in total. The molecule has 1 aliphatic rings. The Morgan fingerprint density at radius 3 is 2.50 bits per heavy atom. The molecule has 0 saturated carbocycles. The van der Waals surface area contributed by atoms with Gasteiger partial charge in [0, 0.05) is 16.1 Å². The molecular weight excluding hydrogens is 451 g/mol. The van der Waals surface area contributed by atoms with E-state index in [1.54, 1.807) is 61.5 Å². The van der Waals surface area contributed by atoms with Crippen molar-refractivity contribution in [3.05, 3.63) is 99.0 Å². The van der Waals surface area contributed by atoms with Gasteiger partial charge in [-0.15, -0.1) is 0 Å². The monoisotopic (exact) mass is 466 g/mol. The number of benzene rings is 3. The summed E-state index contributed by atoms with van der Waals surface area (Å²) in [7, 11) is 0. The van der Waals surface area contributed by atoms with Crippen LogP contribution in [0, 0.1) is 12.7 Å². The fourth-order valence-corrected chi connectivity index (χ4v) is 3.40. The molecular formula is C24H16BrFO4. The summed E-state index contributed by atoms with van der Waals surface area (Å²) in [5.74, 6) is 0.211. The van der Waals surface area contributed by atoms with E-state index in [1.807, 2.05) is 0 Å². The molecule has 0 aliphatic carbocycles. The lowest BCUT2D eigenvalue weighted by atomic mass is 10.0. The second-order valence-corrected chi connectivity index (χ2v) is 7.74. The lowest BCUT2D eigenvalue weighted by Crippen LogP contribution is -2.11. The average molecular weight is 467 g/mol. The Hall–Kier alpha value is -3.25. The van der Waals surface area contributed by atoms with Crippen LogP contribution in [0.4, 0.5) is 4.39 Å². The number of hydrogen-bond acceptors (Lipinski definition) is 4. The highest BCUT2D eigenvalue weighted by Gasteiger charge is 2.30. The summed E-state index contributed by atoms with van der Waals surface area (Å²) in [4.78, 5) is 25.0. The molecule has 4 rings (SSSR count). The molecule has 0 aromatic heterocycles. The van der Waals surface area contributed by atoms with E-state index in [-0.39, 0.29) is 29.7 Å². The number of ether oxygens (including phenoxy) is 2. The van der Waals surface area contributed by atoms with Gasteiger partial charge >= 0.3 is 0 Å². The van der Waals surface area contributed by atoms with Gasteiger partial charge in [0.05, 0.1) is 5.56 Å². The van der Waals surface area contributed by atoms with E-state index in [0.717, 1.165) is 4.47 Å². The van der Waals surface area contributed by atoms with Crippen LogP contribution < -0.4 is 9.47 Å². The number of aryl methyl sites for hydroxylation is 1. The summed E-state index contributed by atoms with van der Waals surface area (Å²) in [5, 5.41) is 0. The number of carbonyl (C=O) groups excluding carboxylic acids is 2. The Kier molecular flexibility index (Phi) is 5.50. The van der Waals surface area contributed by atoms with Gasteiger partial charge in [0.15, 0.2) is 18.1 Å².